The molecule has 0 saturated carbocycles. The molecule has 0 aromatic carbocycles. The summed E-state index contributed by atoms with van der Waals surface area (Å²) in [5.74, 6) is 0.00965. The van der Waals surface area contributed by atoms with E-state index in [1.807, 2.05) is 4.90 Å². The summed E-state index contributed by atoms with van der Waals surface area (Å²) in [5.41, 5.74) is 0. The summed E-state index contributed by atoms with van der Waals surface area (Å²) in [7, 11) is 0. The standard InChI is InChI=1S/C15H24N4O3/c1-11(20)18-7-3-5-13(18)12-4-2-6-17(12)8-9-19-14(21)10-16-15(19)22/h12-13H,2-10H2,1H3,(H,16,22)/t12-,13-/m0/s1. The van der Waals surface area contributed by atoms with Crippen molar-refractivity contribution in [2.45, 2.75) is 44.7 Å². The number of urea groups is 1. The van der Waals surface area contributed by atoms with E-state index < -0.39 is 0 Å². The molecule has 1 N–H and O–H groups in total. The van der Waals surface area contributed by atoms with Gasteiger partial charge in [0, 0.05) is 38.6 Å². The van der Waals surface area contributed by atoms with Gasteiger partial charge in [-0.05, 0) is 32.2 Å². The van der Waals surface area contributed by atoms with Crippen molar-refractivity contribution in [2.75, 3.05) is 32.7 Å². The lowest BCUT2D eigenvalue weighted by Gasteiger charge is -2.35. The highest BCUT2D eigenvalue weighted by Crippen LogP contribution is 2.29. The lowest BCUT2D eigenvalue weighted by atomic mass is 10.0. The molecular weight excluding hydrogens is 284 g/mol. The molecule has 3 aliphatic heterocycles. The van der Waals surface area contributed by atoms with Gasteiger partial charge in [0.2, 0.25) is 11.8 Å². The Morgan fingerprint density at radius 1 is 1.14 bits per heavy atom. The number of hydrogen-bond acceptors (Lipinski definition) is 4. The molecule has 0 bridgehead atoms. The van der Waals surface area contributed by atoms with Crippen molar-refractivity contribution < 1.29 is 14.4 Å². The van der Waals surface area contributed by atoms with Gasteiger partial charge in [-0.2, -0.15) is 0 Å². The third kappa shape index (κ3) is 2.82. The van der Waals surface area contributed by atoms with Crippen LogP contribution in [0.2, 0.25) is 0 Å². The fourth-order valence-electron chi connectivity index (χ4n) is 4.06. The molecule has 7 heteroatoms. The molecule has 4 amide bonds. The molecule has 2 atom stereocenters. The molecule has 0 aromatic heterocycles. The maximum absolute atomic E-state index is 11.8. The minimum absolute atomic E-state index is 0.114. The van der Waals surface area contributed by atoms with Gasteiger partial charge in [0.1, 0.15) is 0 Å². The highest BCUT2D eigenvalue weighted by Gasteiger charge is 2.39. The third-order valence-corrected chi connectivity index (χ3v) is 5.11. The lowest BCUT2D eigenvalue weighted by Crippen LogP contribution is -2.49. The Bertz CT molecular complexity index is 465. The van der Waals surface area contributed by atoms with Crippen LogP contribution < -0.4 is 5.32 Å². The van der Waals surface area contributed by atoms with Crippen molar-refractivity contribution >= 4 is 17.8 Å². The summed E-state index contributed by atoms with van der Waals surface area (Å²) in [5, 5.41) is 2.55. The van der Waals surface area contributed by atoms with Crippen LogP contribution in [0.5, 0.6) is 0 Å². The predicted molar refractivity (Wildman–Crippen MR) is 80.1 cm³/mol. The second-order valence-corrected chi connectivity index (χ2v) is 6.37. The van der Waals surface area contributed by atoms with Crippen LogP contribution in [0.1, 0.15) is 32.6 Å². The molecule has 0 spiro atoms. The highest BCUT2D eigenvalue weighted by atomic mass is 16.2. The van der Waals surface area contributed by atoms with Crippen molar-refractivity contribution in [3.63, 3.8) is 0 Å². The fraction of sp³-hybridized carbons (Fsp3) is 0.800. The summed E-state index contributed by atoms with van der Waals surface area (Å²) >= 11 is 0. The first kappa shape index (κ1) is 15.3. The molecule has 7 nitrogen and oxygen atoms in total. The van der Waals surface area contributed by atoms with Crippen molar-refractivity contribution in [3.8, 4) is 0 Å². The number of nitrogens with one attached hydrogen (secondary N) is 1. The van der Waals surface area contributed by atoms with Gasteiger partial charge in [-0.1, -0.05) is 0 Å². The normalized spacial score (nSPS) is 29.5. The monoisotopic (exact) mass is 308 g/mol. The second kappa shape index (κ2) is 6.24. The molecule has 22 heavy (non-hydrogen) atoms. The summed E-state index contributed by atoms with van der Waals surface area (Å²) in [6, 6.07) is 0.377. The van der Waals surface area contributed by atoms with Crippen molar-refractivity contribution in [1.29, 1.82) is 0 Å². The van der Waals surface area contributed by atoms with Crippen LogP contribution >= 0.6 is 0 Å². The van der Waals surface area contributed by atoms with Crippen LogP contribution in [-0.2, 0) is 9.59 Å². The predicted octanol–water partition coefficient (Wildman–Crippen LogP) is 0.0135. The second-order valence-electron chi connectivity index (χ2n) is 6.37. The van der Waals surface area contributed by atoms with Gasteiger partial charge in [-0.3, -0.25) is 19.4 Å². The average Bonchev–Trinajstić information content (AvgIpc) is 3.17. The smallest absolute Gasteiger partial charge is 0.324 e. The van der Waals surface area contributed by atoms with Crippen molar-refractivity contribution in [2.24, 2.45) is 0 Å². The van der Waals surface area contributed by atoms with E-state index in [1.54, 1.807) is 6.92 Å². The Kier molecular flexibility index (Phi) is 4.33. The Labute approximate surface area is 130 Å². The van der Waals surface area contributed by atoms with Gasteiger partial charge in [0.05, 0.1) is 6.54 Å². The number of hydrogen-bond donors (Lipinski definition) is 1. The number of imide groups is 1. The molecule has 3 rings (SSSR count). The van der Waals surface area contributed by atoms with Crippen LogP contribution in [0.15, 0.2) is 0 Å². The van der Waals surface area contributed by atoms with Crippen molar-refractivity contribution in [3.05, 3.63) is 0 Å². The van der Waals surface area contributed by atoms with Gasteiger partial charge in [-0.15, -0.1) is 0 Å². The van der Waals surface area contributed by atoms with Gasteiger partial charge in [0.15, 0.2) is 0 Å². The maximum atomic E-state index is 11.8. The molecular formula is C15H24N4O3. The van der Waals surface area contributed by atoms with Gasteiger partial charge in [0.25, 0.3) is 0 Å². The number of carbonyl (C=O) groups excluding carboxylic acids is 3. The summed E-state index contributed by atoms with van der Waals surface area (Å²) in [6.07, 6.45) is 4.34. The Morgan fingerprint density at radius 3 is 2.55 bits per heavy atom. The zero-order valence-corrected chi connectivity index (χ0v) is 13.1. The van der Waals surface area contributed by atoms with Gasteiger partial charge >= 0.3 is 6.03 Å². The molecule has 0 unspecified atom stereocenters. The van der Waals surface area contributed by atoms with Crippen LogP contribution in [0.3, 0.4) is 0 Å². The van der Waals surface area contributed by atoms with E-state index in [1.165, 1.54) is 4.90 Å². The molecule has 3 fully saturated rings. The number of carbonyl (C=O) groups is 3. The first-order valence-corrected chi connectivity index (χ1v) is 8.17. The van der Waals surface area contributed by atoms with E-state index in [-0.39, 0.29) is 24.4 Å². The zero-order valence-electron chi connectivity index (χ0n) is 13.1. The Morgan fingerprint density at radius 2 is 1.86 bits per heavy atom. The summed E-state index contributed by atoms with van der Waals surface area (Å²) in [6.45, 7) is 4.74. The molecule has 0 aromatic rings. The van der Waals surface area contributed by atoms with Crippen LogP contribution in [0.4, 0.5) is 4.79 Å². The van der Waals surface area contributed by atoms with Gasteiger partial charge in [-0.25, -0.2) is 4.79 Å². The lowest BCUT2D eigenvalue weighted by molar-refractivity contribution is -0.130. The van der Waals surface area contributed by atoms with Crippen molar-refractivity contribution in [1.82, 2.24) is 20.0 Å². The zero-order chi connectivity index (χ0) is 15.7. The fourth-order valence-corrected chi connectivity index (χ4v) is 4.06. The van der Waals surface area contributed by atoms with Crippen LogP contribution in [0, 0.1) is 0 Å². The minimum atomic E-state index is -0.285. The molecule has 0 aliphatic carbocycles. The Hall–Kier alpha value is -1.63. The van der Waals surface area contributed by atoms with Gasteiger partial charge < -0.3 is 10.2 Å². The van der Waals surface area contributed by atoms with E-state index in [0.29, 0.717) is 25.2 Å². The number of amides is 4. The maximum Gasteiger partial charge on any atom is 0.324 e. The van der Waals surface area contributed by atoms with E-state index >= 15 is 0 Å². The minimum Gasteiger partial charge on any atom is -0.338 e. The van der Waals surface area contributed by atoms with Crippen LogP contribution in [0.25, 0.3) is 0 Å². The van der Waals surface area contributed by atoms with E-state index in [4.69, 9.17) is 0 Å². The van der Waals surface area contributed by atoms with E-state index in [9.17, 15) is 14.4 Å². The number of nitrogens with zero attached hydrogens (tertiary/aromatic N) is 3. The summed E-state index contributed by atoms with van der Waals surface area (Å²) < 4.78 is 0. The highest BCUT2D eigenvalue weighted by molar-refractivity contribution is 6.01. The quantitative estimate of drug-likeness (QED) is 0.743. The largest absolute Gasteiger partial charge is 0.338 e. The first-order chi connectivity index (χ1) is 10.6. The molecule has 3 saturated heterocycles. The van der Waals surface area contributed by atoms with E-state index in [2.05, 4.69) is 10.2 Å². The number of likely N-dealkylation sites (tertiary alicyclic amines) is 2. The average molecular weight is 308 g/mol. The molecule has 3 aliphatic rings. The SMILES string of the molecule is CC(=O)N1CCC[C@H]1[C@@H]1CCCN1CCN1C(=O)CNC1=O. The van der Waals surface area contributed by atoms with Crippen LogP contribution in [-0.4, -0.2) is 77.4 Å². The topological polar surface area (TPSA) is 73.0 Å². The Balaban J connectivity index is 1.60. The summed E-state index contributed by atoms with van der Waals surface area (Å²) in [4.78, 5) is 40.7. The van der Waals surface area contributed by atoms with E-state index in [0.717, 1.165) is 38.8 Å². The first-order valence-electron chi connectivity index (χ1n) is 8.17. The third-order valence-electron chi connectivity index (χ3n) is 5.11. The molecule has 122 valence electrons. The molecule has 3 heterocycles. The molecule has 0 radical (unpaired) electrons. The number of rotatable bonds is 4.